The van der Waals surface area contributed by atoms with E-state index in [9.17, 15) is 13.2 Å². The Hall–Kier alpha value is -8.20. The molecule has 0 aliphatic rings. The van der Waals surface area contributed by atoms with Crippen molar-refractivity contribution in [2.45, 2.75) is 13.1 Å². The van der Waals surface area contributed by atoms with E-state index in [1.54, 1.807) is 6.07 Å². The van der Waals surface area contributed by atoms with Gasteiger partial charge in [-0.25, -0.2) is 15.0 Å². The van der Waals surface area contributed by atoms with Crippen molar-refractivity contribution in [3.05, 3.63) is 242 Å². The van der Waals surface area contributed by atoms with Gasteiger partial charge in [-0.15, -0.1) is 0 Å². The molecule has 11 aromatic rings. The standard InChI is InChI=1S/C59H41F3N4Si/c1-40-30-34-53-51(36-40)52-39-45(59(60,61)62)32-35-54(52)66(53)55-38-44(58-64-56(41-18-7-2-8-19-41)63-57(65-58)42-20-9-3-10-21-42)31-33-50(55)43-22-17-29-49(37-43)67(46-23-11-4-12-24-46,47-25-13-5-14-26-47)48-27-15-6-16-28-48/h2-39H,1H3. The van der Waals surface area contributed by atoms with Gasteiger partial charge < -0.3 is 4.57 Å². The Kier molecular flexibility index (Phi) is 10.5. The summed E-state index contributed by atoms with van der Waals surface area (Å²) < 4.78 is 45.4. The average Bonchev–Trinajstić information content (AvgIpc) is 3.70. The Labute approximate surface area is 387 Å². The van der Waals surface area contributed by atoms with Gasteiger partial charge in [0.1, 0.15) is 0 Å². The molecule has 0 saturated carbocycles. The lowest BCUT2D eigenvalue weighted by Crippen LogP contribution is -2.74. The summed E-state index contributed by atoms with van der Waals surface area (Å²) in [6.45, 7) is 1.96. The monoisotopic (exact) mass is 890 g/mol. The molecule has 0 aliphatic heterocycles. The van der Waals surface area contributed by atoms with E-state index >= 15 is 0 Å². The van der Waals surface area contributed by atoms with Crippen molar-refractivity contribution in [3.8, 4) is 51.0 Å². The maximum absolute atomic E-state index is 14.4. The minimum absolute atomic E-state index is 0.467. The number of alkyl halides is 3. The maximum atomic E-state index is 14.4. The number of benzene rings is 9. The molecule has 0 radical (unpaired) electrons. The van der Waals surface area contributed by atoms with E-state index in [2.05, 4.69) is 132 Å². The van der Waals surface area contributed by atoms with Gasteiger partial charge in [0, 0.05) is 33.0 Å². The van der Waals surface area contributed by atoms with Gasteiger partial charge in [0.15, 0.2) is 25.5 Å². The molecule has 0 fully saturated rings. The Morgan fingerprint density at radius 2 is 0.836 bits per heavy atom. The first kappa shape index (κ1) is 41.5. The molecule has 4 nitrogen and oxygen atoms in total. The van der Waals surface area contributed by atoms with Crippen molar-refractivity contribution in [2.75, 3.05) is 0 Å². The minimum atomic E-state index is -4.52. The molecule has 0 aliphatic carbocycles. The van der Waals surface area contributed by atoms with Gasteiger partial charge in [0.25, 0.3) is 0 Å². The Balaban J connectivity index is 1.21. The fraction of sp³-hybridized carbons (Fsp3) is 0.0339. The highest BCUT2D eigenvalue weighted by Gasteiger charge is 2.41. The van der Waals surface area contributed by atoms with Crippen molar-refractivity contribution in [1.82, 2.24) is 19.5 Å². The normalized spacial score (nSPS) is 11.9. The van der Waals surface area contributed by atoms with Crippen LogP contribution in [0.1, 0.15) is 11.1 Å². The van der Waals surface area contributed by atoms with Gasteiger partial charge in [0.05, 0.1) is 22.3 Å². The van der Waals surface area contributed by atoms with E-state index < -0.39 is 19.8 Å². The lowest BCUT2D eigenvalue weighted by Gasteiger charge is -2.34. The second-order valence-corrected chi connectivity index (χ2v) is 20.6. The Morgan fingerprint density at radius 3 is 1.36 bits per heavy atom. The second-order valence-electron chi connectivity index (χ2n) is 16.8. The molecule has 11 rings (SSSR count). The number of halogens is 3. The number of fused-ring (bicyclic) bond motifs is 3. The number of aryl methyl sites for hydroxylation is 1. The maximum Gasteiger partial charge on any atom is 0.416 e. The first-order valence-electron chi connectivity index (χ1n) is 22.2. The molecule has 322 valence electrons. The summed E-state index contributed by atoms with van der Waals surface area (Å²) in [5.74, 6) is 1.52. The predicted molar refractivity (Wildman–Crippen MR) is 269 cm³/mol. The quantitative estimate of drug-likeness (QED) is 0.107. The first-order valence-corrected chi connectivity index (χ1v) is 24.2. The molecule has 67 heavy (non-hydrogen) atoms. The average molecular weight is 891 g/mol. The van der Waals surface area contributed by atoms with Crippen molar-refractivity contribution >= 4 is 50.6 Å². The second kappa shape index (κ2) is 17.0. The summed E-state index contributed by atoms with van der Waals surface area (Å²) in [6.07, 6.45) is -4.52. The van der Waals surface area contributed by atoms with Crippen molar-refractivity contribution in [3.63, 3.8) is 0 Å². The third kappa shape index (κ3) is 7.51. The highest BCUT2D eigenvalue weighted by molar-refractivity contribution is 7.19. The minimum Gasteiger partial charge on any atom is -0.309 e. The van der Waals surface area contributed by atoms with Crippen LogP contribution >= 0.6 is 0 Å². The van der Waals surface area contributed by atoms with E-state index in [1.165, 1.54) is 32.9 Å². The molecule has 0 unspecified atom stereocenters. The van der Waals surface area contributed by atoms with E-state index in [1.807, 2.05) is 91.9 Å². The summed E-state index contributed by atoms with van der Waals surface area (Å²) >= 11 is 0. The third-order valence-corrected chi connectivity index (χ3v) is 17.4. The molecule has 0 N–H and O–H groups in total. The van der Waals surface area contributed by atoms with Crippen LogP contribution in [0.15, 0.2) is 231 Å². The first-order chi connectivity index (χ1) is 32.8. The fourth-order valence-corrected chi connectivity index (χ4v) is 14.4. The topological polar surface area (TPSA) is 43.6 Å². The molecule has 0 atom stereocenters. The Bertz CT molecular complexity index is 3410. The van der Waals surface area contributed by atoms with Gasteiger partial charge in [-0.3, -0.25) is 0 Å². The van der Waals surface area contributed by atoms with Gasteiger partial charge >= 0.3 is 6.18 Å². The lowest BCUT2D eigenvalue weighted by molar-refractivity contribution is -0.137. The van der Waals surface area contributed by atoms with Crippen LogP contribution in [0.4, 0.5) is 13.2 Å². The van der Waals surface area contributed by atoms with E-state index in [-0.39, 0.29) is 0 Å². The van der Waals surface area contributed by atoms with Crippen LogP contribution in [0.25, 0.3) is 72.8 Å². The molecule has 0 amide bonds. The van der Waals surface area contributed by atoms with Gasteiger partial charge in [-0.2, -0.15) is 13.2 Å². The van der Waals surface area contributed by atoms with E-state index in [4.69, 9.17) is 15.0 Å². The van der Waals surface area contributed by atoms with Crippen molar-refractivity contribution < 1.29 is 13.2 Å². The molecule has 9 aromatic carbocycles. The van der Waals surface area contributed by atoms with Crippen molar-refractivity contribution in [1.29, 1.82) is 0 Å². The third-order valence-electron chi connectivity index (χ3n) is 12.7. The van der Waals surface area contributed by atoms with Crippen molar-refractivity contribution in [2.24, 2.45) is 0 Å². The lowest BCUT2D eigenvalue weighted by atomic mass is 10.0. The summed E-state index contributed by atoms with van der Waals surface area (Å²) in [4.78, 5) is 15.1. The SMILES string of the molecule is Cc1ccc2c(c1)c1cc(C(F)(F)F)ccc1n2-c1cc(-c2nc(-c3ccccc3)nc(-c3ccccc3)n2)ccc1-c1cccc([Si](c2ccccc2)(c2ccccc2)c2ccccc2)c1. The molecular weight excluding hydrogens is 850 g/mol. The van der Waals surface area contributed by atoms with Crippen LogP contribution in [-0.2, 0) is 6.18 Å². The van der Waals surface area contributed by atoms with Gasteiger partial charge in [0.2, 0.25) is 0 Å². The zero-order valence-electron chi connectivity index (χ0n) is 36.4. The molecular formula is C59H41F3N4Si. The van der Waals surface area contributed by atoms with Crippen LogP contribution in [0.2, 0.25) is 0 Å². The predicted octanol–water partition coefficient (Wildman–Crippen LogP) is 12.3. The zero-order valence-corrected chi connectivity index (χ0v) is 37.4. The van der Waals surface area contributed by atoms with Gasteiger partial charge in [-0.05, 0) is 69.6 Å². The highest BCUT2D eigenvalue weighted by Crippen LogP contribution is 2.41. The van der Waals surface area contributed by atoms with Crippen LogP contribution in [0, 0.1) is 6.92 Å². The zero-order chi connectivity index (χ0) is 45.5. The summed E-state index contributed by atoms with van der Waals surface area (Å²) in [6, 6.07) is 77.1. The van der Waals surface area contributed by atoms with E-state index in [0.29, 0.717) is 28.4 Å². The molecule has 0 bridgehead atoms. The number of hydrogen-bond acceptors (Lipinski definition) is 3. The summed E-state index contributed by atoms with van der Waals surface area (Å²) in [7, 11) is -2.95. The number of nitrogens with zero attached hydrogens (tertiary/aromatic N) is 4. The molecule has 0 spiro atoms. The van der Waals surface area contributed by atoms with Crippen LogP contribution in [0.5, 0.6) is 0 Å². The number of hydrogen-bond donors (Lipinski definition) is 0. The smallest absolute Gasteiger partial charge is 0.309 e. The van der Waals surface area contributed by atoms with E-state index in [0.717, 1.165) is 50.0 Å². The Morgan fingerprint density at radius 1 is 0.388 bits per heavy atom. The van der Waals surface area contributed by atoms with Crippen LogP contribution in [-0.4, -0.2) is 27.6 Å². The number of rotatable bonds is 9. The molecule has 2 aromatic heterocycles. The summed E-state index contributed by atoms with van der Waals surface area (Å²) in [5.41, 5.74) is 6.71. The summed E-state index contributed by atoms with van der Waals surface area (Å²) in [5, 5.41) is 6.17. The number of aromatic nitrogens is 4. The molecule has 0 saturated heterocycles. The molecule has 2 heterocycles. The van der Waals surface area contributed by atoms with Crippen LogP contribution in [0.3, 0.4) is 0 Å². The largest absolute Gasteiger partial charge is 0.416 e. The molecule has 8 heteroatoms. The van der Waals surface area contributed by atoms with Gasteiger partial charge in [-0.1, -0.05) is 200 Å². The van der Waals surface area contributed by atoms with Crippen LogP contribution < -0.4 is 20.7 Å². The highest BCUT2D eigenvalue weighted by atomic mass is 28.3. The fourth-order valence-electron chi connectivity index (χ4n) is 9.59.